The summed E-state index contributed by atoms with van der Waals surface area (Å²) >= 11 is 4.47. The summed E-state index contributed by atoms with van der Waals surface area (Å²) in [6.07, 6.45) is 1.62. The highest BCUT2D eigenvalue weighted by atomic mass is 79.9. The Morgan fingerprint density at radius 1 is 1.80 bits per heavy atom. The molecule has 4 nitrogen and oxygen atoms in total. The van der Waals surface area contributed by atoms with E-state index in [1.807, 2.05) is 6.07 Å². The SMILES string of the molecule is COCC(Sc1ncccc1Br)C(=O)O. The van der Waals surface area contributed by atoms with Crippen LogP contribution < -0.4 is 0 Å². The summed E-state index contributed by atoms with van der Waals surface area (Å²) < 4.78 is 5.62. The van der Waals surface area contributed by atoms with Gasteiger partial charge in [-0.3, -0.25) is 4.79 Å². The molecule has 0 aliphatic rings. The van der Waals surface area contributed by atoms with Gasteiger partial charge in [-0.05, 0) is 28.1 Å². The summed E-state index contributed by atoms with van der Waals surface area (Å²) in [7, 11) is 1.48. The number of carbonyl (C=O) groups is 1. The van der Waals surface area contributed by atoms with E-state index in [2.05, 4.69) is 20.9 Å². The number of hydrogen-bond acceptors (Lipinski definition) is 4. The topological polar surface area (TPSA) is 59.4 Å². The number of hydrogen-bond donors (Lipinski definition) is 1. The Kier molecular flexibility index (Phi) is 5.07. The standard InChI is InChI=1S/C9H10BrNO3S/c1-14-5-7(9(12)13)15-8-6(10)3-2-4-11-8/h2-4,7H,5H2,1H3,(H,12,13). The highest BCUT2D eigenvalue weighted by Gasteiger charge is 2.20. The number of thioether (sulfide) groups is 1. The first kappa shape index (κ1) is 12.5. The van der Waals surface area contributed by atoms with Gasteiger partial charge in [0.1, 0.15) is 10.3 Å². The molecule has 0 fully saturated rings. The average Bonchev–Trinajstić information content (AvgIpc) is 2.20. The van der Waals surface area contributed by atoms with Gasteiger partial charge in [-0.2, -0.15) is 0 Å². The quantitative estimate of drug-likeness (QED) is 0.842. The number of pyridine rings is 1. The van der Waals surface area contributed by atoms with Crippen molar-refractivity contribution in [2.75, 3.05) is 13.7 Å². The molecule has 1 aromatic heterocycles. The van der Waals surface area contributed by atoms with Crippen LogP contribution in [0.4, 0.5) is 0 Å². The molecule has 1 aromatic rings. The summed E-state index contributed by atoms with van der Waals surface area (Å²) in [5, 5.41) is 8.93. The highest BCUT2D eigenvalue weighted by molar-refractivity contribution is 9.10. The summed E-state index contributed by atoms with van der Waals surface area (Å²) in [6.45, 7) is 0.156. The lowest BCUT2D eigenvalue weighted by atomic mass is 10.4. The van der Waals surface area contributed by atoms with Crippen LogP contribution in [0.3, 0.4) is 0 Å². The molecule has 1 N–H and O–H groups in total. The van der Waals surface area contributed by atoms with Crippen LogP contribution in [0.5, 0.6) is 0 Å². The van der Waals surface area contributed by atoms with Gasteiger partial charge < -0.3 is 9.84 Å². The van der Waals surface area contributed by atoms with Crippen molar-refractivity contribution >= 4 is 33.7 Å². The van der Waals surface area contributed by atoms with Gasteiger partial charge >= 0.3 is 5.97 Å². The molecule has 0 saturated carbocycles. The zero-order chi connectivity index (χ0) is 11.3. The van der Waals surface area contributed by atoms with Crippen molar-refractivity contribution in [2.24, 2.45) is 0 Å². The molecule has 0 radical (unpaired) electrons. The van der Waals surface area contributed by atoms with Crippen molar-refractivity contribution in [3.8, 4) is 0 Å². The third kappa shape index (κ3) is 3.81. The zero-order valence-electron chi connectivity index (χ0n) is 8.01. The van der Waals surface area contributed by atoms with Crippen LogP contribution >= 0.6 is 27.7 Å². The first-order valence-corrected chi connectivity index (χ1v) is 5.81. The Balaban J connectivity index is 2.74. The van der Waals surface area contributed by atoms with Crippen molar-refractivity contribution in [1.29, 1.82) is 0 Å². The molecule has 82 valence electrons. The second-order valence-corrected chi connectivity index (χ2v) is 4.74. The fraction of sp³-hybridized carbons (Fsp3) is 0.333. The third-order valence-corrected chi connectivity index (χ3v) is 3.65. The van der Waals surface area contributed by atoms with Gasteiger partial charge in [0.05, 0.1) is 6.61 Å². The molecular weight excluding hydrogens is 282 g/mol. The number of carboxylic acid groups (broad SMARTS) is 1. The molecule has 1 atom stereocenters. The minimum Gasteiger partial charge on any atom is -0.480 e. The van der Waals surface area contributed by atoms with Gasteiger partial charge in [-0.15, -0.1) is 0 Å². The maximum Gasteiger partial charge on any atom is 0.319 e. The van der Waals surface area contributed by atoms with Crippen LogP contribution in [-0.4, -0.2) is 35.0 Å². The molecule has 15 heavy (non-hydrogen) atoms. The predicted molar refractivity (Wildman–Crippen MR) is 61.1 cm³/mol. The molecule has 0 amide bonds. The Bertz CT molecular complexity index is 348. The van der Waals surface area contributed by atoms with E-state index in [1.54, 1.807) is 12.3 Å². The van der Waals surface area contributed by atoms with E-state index in [1.165, 1.54) is 18.9 Å². The summed E-state index contributed by atoms with van der Waals surface area (Å²) in [6, 6.07) is 3.60. The second kappa shape index (κ2) is 6.09. The number of carboxylic acids is 1. The maximum atomic E-state index is 10.9. The summed E-state index contributed by atoms with van der Waals surface area (Å²) in [4.78, 5) is 14.9. The van der Waals surface area contributed by atoms with Crippen LogP contribution in [0.25, 0.3) is 0 Å². The van der Waals surface area contributed by atoms with Crippen molar-refractivity contribution < 1.29 is 14.6 Å². The van der Waals surface area contributed by atoms with Gasteiger partial charge in [0.15, 0.2) is 0 Å². The van der Waals surface area contributed by atoms with Gasteiger partial charge in [0.25, 0.3) is 0 Å². The molecule has 0 saturated heterocycles. The molecule has 0 bridgehead atoms. The number of aliphatic carboxylic acids is 1. The van der Waals surface area contributed by atoms with E-state index in [0.29, 0.717) is 5.03 Å². The molecule has 0 spiro atoms. The first-order chi connectivity index (χ1) is 7.15. The Hall–Kier alpha value is -0.590. The minimum atomic E-state index is -0.903. The van der Waals surface area contributed by atoms with E-state index < -0.39 is 11.2 Å². The summed E-state index contributed by atoms with van der Waals surface area (Å²) in [5.41, 5.74) is 0. The van der Waals surface area contributed by atoms with E-state index in [0.717, 1.165) is 4.47 Å². The predicted octanol–water partition coefficient (Wildman–Crippen LogP) is 2.04. The molecule has 0 aromatic carbocycles. The average molecular weight is 292 g/mol. The largest absolute Gasteiger partial charge is 0.480 e. The second-order valence-electron chi connectivity index (χ2n) is 2.69. The fourth-order valence-corrected chi connectivity index (χ4v) is 2.31. The minimum absolute atomic E-state index is 0.156. The molecule has 0 aliphatic heterocycles. The monoisotopic (exact) mass is 291 g/mol. The number of ether oxygens (including phenoxy) is 1. The summed E-state index contributed by atoms with van der Waals surface area (Å²) in [5.74, 6) is -0.903. The van der Waals surface area contributed by atoms with Gasteiger partial charge in [-0.1, -0.05) is 11.8 Å². The molecular formula is C9H10BrNO3S. The van der Waals surface area contributed by atoms with Crippen LogP contribution in [0, 0.1) is 0 Å². The van der Waals surface area contributed by atoms with E-state index in [4.69, 9.17) is 9.84 Å². The Morgan fingerprint density at radius 3 is 3.07 bits per heavy atom. The number of methoxy groups -OCH3 is 1. The molecule has 0 aliphatic carbocycles. The molecule has 1 rings (SSSR count). The lowest BCUT2D eigenvalue weighted by Gasteiger charge is -2.10. The first-order valence-electron chi connectivity index (χ1n) is 4.14. The molecule has 1 heterocycles. The fourth-order valence-electron chi connectivity index (χ4n) is 0.900. The van der Waals surface area contributed by atoms with Gasteiger partial charge in [-0.25, -0.2) is 4.98 Å². The maximum absolute atomic E-state index is 10.9. The molecule has 1 unspecified atom stereocenters. The van der Waals surface area contributed by atoms with Crippen molar-refractivity contribution in [1.82, 2.24) is 4.98 Å². The molecule has 6 heteroatoms. The lowest BCUT2D eigenvalue weighted by molar-refractivity contribution is -0.137. The van der Waals surface area contributed by atoms with Crippen molar-refractivity contribution in [2.45, 2.75) is 10.3 Å². The van der Waals surface area contributed by atoms with E-state index >= 15 is 0 Å². The van der Waals surface area contributed by atoms with Gasteiger partial charge in [0, 0.05) is 17.8 Å². The van der Waals surface area contributed by atoms with Crippen LogP contribution in [0.1, 0.15) is 0 Å². The van der Waals surface area contributed by atoms with Crippen LogP contribution in [-0.2, 0) is 9.53 Å². The van der Waals surface area contributed by atoms with Crippen molar-refractivity contribution in [3.63, 3.8) is 0 Å². The van der Waals surface area contributed by atoms with Crippen molar-refractivity contribution in [3.05, 3.63) is 22.8 Å². The van der Waals surface area contributed by atoms with E-state index in [-0.39, 0.29) is 6.61 Å². The number of nitrogens with zero attached hydrogens (tertiary/aromatic N) is 1. The highest BCUT2D eigenvalue weighted by Crippen LogP contribution is 2.28. The Labute approximate surface area is 100 Å². The van der Waals surface area contributed by atoms with Crippen LogP contribution in [0.2, 0.25) is 0 Å². The zero-order valence-corrected chi connectivity index (χ0v) is 10.4. The Morgan fingerprint density at radius 2 is 2.53 bits per heavy atom. The van der Waals surface area contributed by atoms with Gasteiger partial charge in [0.2, 0.25) is 0 Å². The van der Waals surface area contributed by atoms with E-state index in [9.17, 15) is 4.79 Å². The normalized spacial score (nSPS) is 12.4. The lowest BCUT2D eigenvalue weighted by Crippen LogP contribution is -2.21. The number of halogens is 1. The third-order valence-electron chi connectivity index (χ3n) is 1.57. The number of aromatic nitrogens is 1. The number of rotatable bonds is 5. The van der Waals surface area contributed by atoms with Crippen LogP contribution in [0.15, 0.2) is 27.8 Å². The smallest absolute Gasteiger partial charge is 0.319 e.